The van der Waals surface area contributed by atoms with Gasteiger partial charge in [0.1, 0.15) is 6.04 Å². The lowest BCUT2D eigenvalue weighted by atomic mass is 10.2. The Labute approximate surface area is 253 Å². The summed E-state index contributed by atoms with van der Waals surface area (Å²) in [5.74, 6) is 0.142. The molecule has 4 heterocycles. The number of aliphatic hydroxyl groups excluding tert-OH is 1. The van der Waals surface area contributed by atoms with Crippen LogP contribution in [0.4, 0.5) is 5.95 Å². The molecule has 0 bridgehead atoms. The van der Waals surface area contributed by atoms with Crippen LogP contribution in [0.15, 0.2) is 65.8 Å². The van der Waals surface area contributed by atoms with Crippen molar-refractivity contribution in [2.45, 2.75) is 43.8 Å². The minimum absolute atomic E-state index is 0.0226. The lowest BCUT2D eigenvalue weighted by Gasteiger charge is -2.28. The molecular weight excluding hydrogens is 586 g/mol. The maximum atomic E-state index is 13.2. The standard InChI is InChI=1S/C29H33N9O5S/c1-18(2)37-15-20(14-31-37)25-34-26-21-10-7-11-23(44(3,41)42)24(21)33-28(38(26)35-25)32-22-16-36(13-12-30-27(22)39)29(40)43-17-19-8-5-4-6-9-19/h4-11,14-15,18,22,29,40H,12-13,16-17H2,1-3H3,(H,30,39)(H,32,33)/t22-,29?/m1/s1. The van der Waals surface area contributed by atoms with E-state index in [1.807, 2.05) is 50.4 Å². The summed E-state index contributed by atoms with van der Waals surface area (Å²) in [6.45, 7) is 4.89. The highest BCUT2D eigenvalue weighted by atomic mass is 32.2. The van der Waals surface area contributed by atoms with Crippen LogP contribution >= 0.6 is 0 Å². The second-order valence-corrected chi connectivity index (χ2v) is 12.9. The van der Waals surface area contributed by atoms with Crippen molar-refractivity contribution in [3.05, 3.63) is 66.5 Å². The highest BCUT2D eigenvalue weighted by Crippen LogP contribution is 2.29. The summed E-state index contributed by atoms with van der Waals surface area (Å²) >= 11 is 0. The maximum Gasteiger partial charge on any atom is 0.243 e. The fourth-order valence-electron chi connectivity index (χ4n) is 5.03. The molecule has 15 heteroatoms. The van der Waals surface area contributed by atoms with Crippen LogP contribution in [0.3, 0.4) is 0 Å². The van der Waals surface area contributed by atoms with Crippen molar-refractivity contribution in [3.8, 4) is 11.4 Å². The van der Waals surface area contributed by atoms with Crippen LogP contribution < -0.4 is 10.6 Å². The Balaban J connectivity index is 1.38. The number of carbonyl (C=O) groups excluding carboxylic acids is 1. The van der Waals surface area contributed by atoms with Crippen molar-refractivity contribution in [1.29, 1.82) is 0 Å². The van der Waals surface area contributed by atoms with E-state index in [4.69, 9.17) is 9.72 Å². The number of rotatable bonds is 9. The molecule has 14 nitrogen and oxygen atoms in total. The number of nitrogens with zero attached hydrogens (tertiary/aromatic N) is 7. The van der Waals surface area contributed by atoms with Crippen molar-refractivity contribution in [1.82, 2.24) is 39.6 Å². The summed E-state index contributed by atoms with van der Waals surface area (Å²) in [5, 5.41) is 26.4. The maximum absolute atomic E-state index is 13.2. The van der Waals surface area contributed by atoms with E-state index in [1.54, 1.807) is 27.9 Å². The van der Waals surface area contributed by atoms with Gasteiger partial charge in [-0.2, -0.15) is 9.61 Å². The highest BCUT2D eigenvalue weighted by molar-refractivity contribution is 7.91. The fraction of sp³-hybridized carbons (Fsp3) is 0.345. The Morgan fingerprint density at radius 1 is 1.14 bits per heavy atom. The number of para-hydroxylation sites is 1. The van der Waals surface area contributed by atoms with E-state index in [2.05, 4.69) is 25.8 Å². The second-order valence-electron chi connectivity index (χ2n) is 10.9. The first-order valence-electron chi connectivity index (χ1n) is 14.1. The third-order valence-electron chi connectivity index (χ3n) is 7.34. The number of fused-ring (bicyclic) bond motifs is 3. The molecule has 1 fully saturated rings. The monoisotopic (exact) mass is 619 g/mol. The van der Waals surface area contributed by atoms with E-state index < -0.39 is 22.3 Å². The van der Waals surface area contributed by atoms with E-state index in [9.17, 15) is 18.3 Å². The molecule has 1 unspecified atom stereocenters. The van der Waals surface area contributed by atoms with Gasteiger partial charge in [0.05, 0.1) is 28.8 Å². The zero-order valence-electron chi connectivity index (χ0n) is 24.5. The molecule has 44 heavy (non-hydrogen) atoms. The van der Waals surface area contributed by atoms with Crippen LogP contribution in [0.5, 0.6) is 0 Å². The molecule has 5 aromatic rings. The van der Waals surface area contributed by atoms with Crippen molar-refractivity contribution in [2.75, 3.05) is 31.2 Å². The third kappa shape index (κ3) is 5.99. The van der Waals surface area contributed by atoms with E-state index in [0.29, 0.717) is 29.0 Å². The number of anilines is 1. The number of hydrogen-bond acceptors (Lipinski definition) is 11. The normalized spacial score (nSPS) is 17.2. The molecule has 230 valence electrons. The smallest absolute Gasteiger partial charge is 0.243 e. The van der Waals surface area contributed by atoms with Gasteiger partial charge >= 0.3 is 0 Å². The van der Waals surface area contributed by atoms with Crippen molar-refractivity contribution in [2.24, 2.45) is 0 Å². The largest absolute Gasteiger partial charge is 0.356 e. The summed E-state index contributed by atoms with van der Waals surface area (Å²) < 4.78 is 34.4. The molecule has 1 saturated heterocycles. The molecule has 3 aromatic heterocycles. The highest BCUT2D eigenvalue weighted by Gasteiger charge is 2.30. The van der Waals surface area contributed by atoms with E-state index in [1.165, 1.54) is 10.6 Å². The second kappa shape index (κ2) is 11.9. The summed E-state index contributed by atoms with van der Waals surface area (Å²) in [7, 11) is -3.66. The topological polar surface area (TPSA) is 169 Å². The average molecular weight is 620 g/mol. The van der Waals surface area contributed by atoms with Crippen molar-refractivity contribution < 1.29 is 23.1 Å². The minimum Gasteiger partial charge on any atom is -0.356 e. The van der Waals surface area contributed by atoms with Gasteiger partial charge in [0, 0.05) is 43.5 Å². The molecule has 1 amide bonds. The molecule has 2 aromatic carbocycles. The number of carbonyl (C=O) groups is 1. The molecule has 0 radical (unpaired) electrons. The van der Waals surface area contributed by atoms with Gasteiger partial charge < -0.3 is 20.5 Å². The first kappa shape index (κ1) is 29.6. The molecule has 6 rings (SSSR count). The van der Waals surface area contributed by atoms with Crippen LogP contribution in [0.1, 0.15) is 25.5 Å². The first-order valence-corrected chi connectivity index (χ1v) is 16.0. The van der Waals surface area contributed by atoms with Gasteiger partial charge in [-0.25, -0.2) is 18.4 Å². The summed E-state index contributed by atoms with van der Waals surface area (Å²) in [5.41, 5.74) is 2.11. The summed E-state index contributed by atoms with van der Waals surface area (Å²) in [6.07, 6.45) is 3.33. The number of aliphatic hydroxyl groups is 1. The first-order chi connectivity index (χ1) is 21.1. The molecule has 3 N–H and O–H groups in total. The predicted octanol–water partition coefficient (Wildman–Crippen LogP) is 1.83. The zero-order valence-corrected chi connectivity index (χ0v) is 25.3. The van der Waals surface area contributed by atoms with E-state index in [0.717, 1.165) is 11.8 Å². The number of benzene rings is 2. The fourth-order valence-corrected chi connectivity index (χ4v) is 5.86. The molecule has 0 aliphatic carbocycles. The Morgan fingerprint density at radius 3 is 2.66 bits per heavy atom. The van der Waals surface area contributed by atoms with Crippen molar-refractivity contribution >= 4 is 38.2 Å². The van der Waals surface area contributed by atoms with Gasteiger partial charge in [-0.1, -0.05) is 36.4 Å². The molecule has 1 aliphatic heterocycles. The number of aromatic nitrogens is 6. The van der Waals surface area contributed by atoms with Gasteiger partial charge in [0.2, 0.25) is 18.3 Å². The van der Waals surface area contributed by atoms with Crippen LogP contribution in [0, 0.1) is 0 Å². The average Bonchev–Trinajstić information content (AvgIpc) is 3.63. The molecule has 0 saturated carbocycles. The van der Waals surface area contributed by atoms with Gasteiger partial charge in [-0.05, 0) is 31.5 Å². The number of amides is 1. The molecule has 0 spiro atoms. The van der Waals surface area contributed by atoms with Crippen LogP contribution in [-0.2, 0) is 26.0 Å². The molecular formula is C29H33N9O5S. The van der Waals surface area contributed by atoms with Gasteiger partial charge in [-0.3, -0.25) is 14.4 Å². The Bertz CT molecular complexity index is 1920. The Morgan fingerprint density at radius 2 is 1.93 bits per heavy atom. The summed E-state index contributed by atoms with van der Waals surface area (Å²) in [4.78, 5) is 24.3. The van der Waals surface area contributed by atoms with Crippen molar-refractivity contribution in [3.63, 3.8) is 0 Å². The number of hydrogen-bond donors (Lipinski definition) is 3. The Hall–Kier alpha value is -4.44. The van der Waals surface area contributed by atoms with Gasteiger partial charge in [-0.15, -0.1) is 5.10 Å². The Kier molecular flexibility index (Phi) is 8.02. The van der Waals surface area contributed by atoms with Crippen LogP contribution in [0.25, 0.3) is 27.9 Å². The SMILES string of the molecule is CC(C)n1cc(-c2nc3c4cccc(S(C)(=O)=O)c4nc(N[C@@H]4CN(C(O)OCc5ccccc5)CCNC4=O)n3n2)cn1. The number of nitrogens with one attached hydrogen (secondary N) is 2. The quantitative estimate of drug-likeness (QED) is 0.206. The van der Waals surface area contributed by atoms with E-state index >= 15 is 0 Å². The molecule has 2 atom stereocenters. The summed E-state index contributed by atoms with van der Waals surface area (Å²) in [6, 6.07) is 13.5. The predicted molar refractivity (Wildman–Crippen MR) is 162 cm³/mol. The number of sulfone groups is 1. The van der Waals surface area contributed by atoms with Crippen LogP contribution in [0.2, 0.25) is 0 Å². The van der Waals surface area contributed by atoms with Gasteiger partial charge in [0.15, 0.2) is 21.3 Å². The number of ether oxygens (including phenoxy) is 1. The third-order valence-corrected chi connectivity index (χ3v) is 8.47. The van der Waals surface area contributed by atoms with Gasteiger partial charge in [0.25, 0.3) is 0 Å². The zero-order chi connectivity index (χ0) is 31.0. The molecule has 1 aliphatic rings. The van der Waals surface area contributed by atoms with Crippen LogP contribution in [-0.4, -0.2) is 92.0 Å². The lowest BCUT2D eigenvalue weighted by molar-refractivity contribution is -0.198. The minimum atomic E-state index is -3.66. The lowest BCUT2D eigenvalue weighted by Crippen LogP contribution is -2.46. The van der Waals surface area contributed by atoms with E-state index in [-0.39, 0.29) is 48.0 Å².